The molecule has 2 aromatic rings. The highest BCUT2D eigenvalue weighted by Gasteiger charge is 2.21. The van der Waals surface area contributed by atoms with E-state index >= 15 is 0 Å². The fourth-order valence-electron chi connectivity index (χ4n) is 2.13. The van der Waals surface area contributed by atoms with Gasteiger partial charge >= 0.3 is 5.97 Å². The van der Waals surface area contributed by atoms with Crippen LogP contribution in [0.2, 0.25) is 0 Å². The molecule has 0 aliphatic rings. The van der Waals surface area contributed by atoms with Gasteiger partial charge in [0.05, 0.1) is 18.4 Å². The molecule has 1 heterocycles. The number of benzene rings is 1. The molecular weight excluding hydrogens is 282 g/mol. The Kier molecular flexibility index (Phi) is 4.28. The largest absolute Gasteiger partial charge is 0.464 e. The fraction of sp³-hybridized carbons (Fsp3) is 0.188. The van der Waals surface area contributed by atoms with Crippen LogP contribution in [0.3, 0.4) is 0 Å². The number of Topliss-reactive ketones (excluding diaryl/α,β-unsaturated/α-hetero) is 1. The molecule has 6 nitrogen and oxygen atoms in total. The molecule has 0 amide bonds. The number of aromatic nitrogens is 1. The van der Waals surface area contributed by atoms with Crippen LogP contribution in [0.5, 0.6) is 0 Å². The van der Waals surface area contributed by atoms with Gasteiger partial charge in [-0.1, -0.05) is 6.92 Å². The van der Waals surface area contributed by atoms with Gasteiger partial charge in [-0.3, -0.25) is 4.79 Å². The molecule has 0 unspecified atom stereocenters. The minimum Gasteiger partial charge on any atom is -0.464 e. The van der Waals surface area contributed by atoms with Gasteiger partial charge in [-0.05, 0) is 24.3 Å². The Labute approximate surface area is 127 Å². The highest BCUT2D eigenvalue weighted by Crippen LogP contribution is 2.25. The Morgan fingerprint density at radius 2 is 1.95 bits per heavy atom. The van der Waals surface area contributed by atoms with Crippen molar-refractivity contribution in [2.24, 2.45) is 0 Å². The summed E-state index contributed by atoms with van der Waals surface area (Å²) in [5, 5.41) is 9.07. The second-order valence-electron chi connectivity index (χ2n) is 4.60. The Bertz CT molecular complexity index is 767. The van der Waals surface area contributed by atoms with Crippen molar-refractivity contribution in [1.29, 1.82) is 5.26 Å². The lowest BCUT2D eigenvalue weighted by Gasteiger charge is -2.09. The normalized spacial score (nSPS) is 10.0. The van der Waals surface area contributed by atoms with Crippen LogP contribution in [0.25, 0.3) is 5.69 Å². The zero-order valence-corrected chi connectivity index (χ0v) is 12.3. The molecule has 0 aliphatic carbocycles. The number of ether oxygens (including phenoxy) is 1. The van der Waals surface area contributed by atoms with Crippen molar-refractivity contribution in [3.05, 3.63) is 47.3 Å². The quantitative estimate of drug-likeness (QED) is 0.689. The lowest BCUT2D eigenvalue weighted by atomic mass is 10.1. The average molecular weight is 297 g/mol. The Morgan fingerprint density at radius 3 is 2.45 bits per heavy atom. The standard InChI is InChI=1S/C16H15N3O3/c1-3-13(20)10-4-6-12(7-5-10)19-9-11(8-17)14(18)15(19)16(21)22-2/h4-7,9H,3,18H2,1-2H3. The molecule has 2 N–H and O–H groups in total. The van der Waals surface area contributed by atoms with Crippen molar-refractivity contribution < 1.29 is 14.3 Å². The number of rotatable bonds is 4. The minimum absolute atomic E-state index is 0.0319. The van der Waals surface area contributed by atoms with Gasteiger partial charge in [0.25, 0.3) is 0 Å². The third-order valence-electron chi connectivity index (χ3n) is 3.33. The lowest BCUT2D eigenvalue weighted by molar-refractivity contribution is 0.0593. The number of nitriles is 1. The molecule has 22 heavy (non-hydrogen) atoms. The van der Waals surface area contributed by atoms with Gasteiger partial charge in [0.15, 0.2) is 11.5 Å². The summed E-state index contributed by atoms with van der Waals surface area (Å²) >= 11 is 0. The summed E-state index contributed by atoms with van der Waals surface area (Å²) in [6.07, 6.45) is 1.89. The molecule has 2 rings (SSSR count). The Morgan fingerprint density at radius 1 is 1.32 bits per heavy atom. The van der Waals surface area contributed by atoms with Crippen LogP contribution in [0.1, 0.15) is 39.8 Å². The first-order valence-electron chi connectivity index (χ1n) is 6.66. The number of nitrogen functional groups attached to an aromatic ring is 1. The van der Waals surface area contributed by atoms with Crippen molar-refractivity contribution in [1.82, 2.24) is 4.57 Å². The summed E-state index contributed by atoms with van der Waals surface area (Å²) in [4.78, 5) is 23.5. The van der Waals surface area contributed by atoms with Crippen molar-refractivity contribution in [2.45, 2.75) is 13.3 Å². The molecule has 0 fully saturated rings. The second-order valence-corrected chi connectivity index (χ2v) is 4.60. The van der Waals surface area contributed by atoms with Crippen LogP contribution in [0.4, 0.5) is 5.69 Å². The van der Waals surface area contributed by atoms with Crippen LogP contribution >= 0.6 is 0 Å². The number of ketones is 1. The molecule has 6 heteroatoms. The maximum absolute atomic E-state index is 11.9. The molecule has 112 valence electrons. The molecular formula is C16H15N3O3. The van der Waals surface area contributed by atoms with Crippen molar-refractivity contribution in [3.8, 4) is 11.8 Å². The predicted octanol–water partition coefficient (Wildman–Crippen LogP) is 2.31. The van der Waals surface area contributed by atoms with Crippen LogP contribution in [0, 0.1) is 11.3 Å². The number of nitrogens with zero attached hydrogens (tertiary/aromatic N) is 2. The number of methoxy groups -OCH3 is 1. The van der Waals surface area contributed by atoms with E-state index in [-0.39, 0.29) is 22.7 Å². The number of nitrogens with two attached hydrogens (primary N) is 1. The van der Waals surface area contributed by atoms with Gasteiger partial charge in [-0.15, -0.1) is 0 Å². The molecule has 0 saturated carbocycles. The summed E-state index contributed by atoms with van der Waals surface area (Å²) in [6, 6.07) is 8.66. The van der Waals surface area contributed by atoms with E-state index in [2.05, 4.69) is 0 Å². The monoisotopic (exact) mass is 297 g/mol. The van der Waals surface area contributed by atoms with E-state index in [0.29, 0.717) is 17.7 Å². The third-order valence-corrected chi connectivity index (χ3v) is 3.33. The molecule has 0 atom stereocenters. The molecule has 0 radical (unpaired) electrons. The summed E-state index contributed by atoms with van der Waals surface area (Å²) < 4.78 is 6.20. The highest BCUT2D eigenvalue weighted by molar-refractivity contribution is 5.97. The summed E-state index contributed by atoms with van der Waals surface area (Å²) in [6.45, 7) is 1.79. The van der Waals surface area contributed by atoms with E-state index in [1.807, 2.05) is 6.07 Å². The number of esters is 1. The summed E-state index contributed by atoms with van der Waals surface area (Å²) in [5.74, 6) is -0.600. The molecule has 0 aliphatic heterocycles. The van der Waals surface area contributed by atoms with Gasteiger partial charge < -0.3 is 15.0 Å². The predicted molar refractivity (Wildman–Crippen MR) is 80.9 cm³/mol. The number of anilines is 1. The van der Waals surface area contributed by atoms with E-state index in [1.54, 1.807) is 31.2 Å². The van der Waals surface area contributed by atoms with Gasteiger partial charge in [-0.25, -0.2) is 4.79 Å². The van der Waals surface area contributed by atoms with Crippen LogP contribution in [-0.4, -0.2) is 23.4 Å². The first-order valence-corrected chi connectivity index (χ1v) is 6.66. The summed E-state index contributed by atoms with van der Waals surface area (Å²) in [7, 11) is 1.24. The SMILES string of the molecule is CCC(=O)c1ccc(-n2cc(C#N)c(N)c2C(=O)OC)cc1. The molecule has 1 aromatic heterocycles. The highest BCUT2D eigenvalue weighted by atomic mass is 16.5. The third kappa shape index (κ3) is 2.56. The van der Waals surface area contributed by atoms with Gasteiger partial charge in [0.1, 0.15) is 6.07 Å². The molecule has 0 spiro atoms. The van der Waals surface area contributed by atoms with E-state index in [0.717, 1.165) is 0 Å². The van der Waals surface area contributed by atoms with Crippen LogP contribution in [-0.2, 0) is 4.74 Å². The van der Waals surface area contributed by atoms with Crippen molar-refractivity contribution in [3.63, 3.8) is 0 Å². The van der Waals surface area contributed by atoms with Gasteiger partial charge in [0, 0.05) is 23.9 Å². The fourth-order valence-corrected chi connectivity index (χ4v) is 2.13. The topological polar surface area (TPSA) is 98.1 Å². The number of hydrogen-bond acceptors (Lipinski definition) is 5. The molecule has 0 saturated heterocycles. The zero-order valence-electron chi connectivity index (χ0n) is 12.3. The first kappa shape index (κ1) is 15.3. The van der Waals surface area contributed by atoms with E-state index < -0.39 is 5.97 Å². The Hall–Kier alpha value is -3.07. The van der Waals surface area contributed by atoms with Crippen LogP contribution < -0.4 is 5.73 Å². The van der Waals surface area contributed by atoms with Crippen molar-refractivity contribution in [2.75, 3.05) is 12.8 Å². The van der Waals surface area contributed by atoms with Gasteiger partial charge in [-0.2, -0.15) is 5.26 Å². The average Bonchev–Trinajstić information content (AvgIpc) is 2.90. The van der Waals surface area contributed by atoms with E-state index in [4.69, 9.17) is 15.7 Å². The molecule has 1 aromatic carbocycles. The number of carbonyl (C=O) groups excluding carboxylic acids is 2. The molecule has 0 bridgehead atoms. The van der Waals surface area contributed by atoms with Crippen LogP contribution in [0.15, 0.2) is 30.5 Å². The van der Waals surface area contributed by atoms with Gasteiger partial charge in [0.2, 0.25) is 0 Å². The van der Waals surface area contributed by atoms with E-state index in [1.165, 1.54) is 17.9 Å². The minimum atomic E-state index is -0.632. The number of hydrogen-bond donors (Lipinski definition) is 1. The first-order chi connectivity index (χ1) is 10.5. The smallest absolute Gasteiger partial charge is 0.357 e. The zero-order chi connectivity index (χ0) is 16.3. The lowest BCUT2D eigenvalue weighted by Crippen LogP contribution is -2.11. The maximum Gasteiger partial charge on any atom is 0.357 e. The maximum atomic E-state index is 11.9. The Balaban J connectivity index is 2.55. The number of carbonyl (C=O) groups is 2. The second kappa shape index (κ2) is 6.14. The van der Waals surface area contributed by atoms with E-state index in [9.17, 15) is 9.59 Å². The summed E-state index contributed by atoms with van der Waals surface area (Å²) in [5.41, 5.74) is 7.38. The van der Waals surface area contributed by atoms with Crippen molar-refractivity contribution >= 4 is 17.4 Å².